The summed E-state index contributed by atoms with van der Waals surface area (Å²) in [5, 5.41) is 2.69. The van der Waals surface area contributed by atoms with Gasteiger partial charge in [-0.3, -0.25) is 4.79 Å². The number of ether oxygens (including phenoxy) is 1. The number of benzene rings is 2. The number of halogens is 4. The summed E-state index contributed by atoms with van der Waals surface area (Å²) in [5.41, 5.74) is 5.10. The molecule has 2 aromatic rings. The van der Waals surface area contributed by atoms with E-state index in [4.69, 9.17) is 22.1 Å². The third-order valence-electron chi connectivity index (χ3n) is 5.03. The molecule has 0 spiro atoms. The number of nitrogens with zero attached hydrogens (tertiary/aromatic N) is 1. The molecule has 1 saturated heterocycles. The van der Waals surface area contributed by atoms with Gasteiger partial charge < -0.3 is 20.7 Å². The summed E-state index contributed by atoms with van der Waals surface area (Å²) in [7, 11) is 0. The summed E-state index contributed by atoms with van der Waals surface area (Å²) in [5.74, 6) is -0.370. The second kappa shape index (κ2) is 9.57. The van der Waals surface area contributed by atoms with Gasteiger partial charge in [-0.25, -0.2) is 4.79 Å². The van der Waals surface area contributed by atoms with Crippen molar-refractivity contribution >= 4 is 23.6 Å². The summed E-state index contributed by atoms with van der Waals surface area (Å²) < 4.78 is 45.0. The predicted octanol–water partition coefficient (Wildman–Crippen LogP) is 4.06. The van der Waals surface area contributed by atoms with Crippen molar-refractivity contribution in [2.45, 2.75) is 24.7 Å². The molecule has 6 nitrogen and oxygen atoms in total. The zero-order chi connectivity index (χ0) is 22.6. The van der Waals surface area contributed by atoms with Crippen molar-refractivity contribution in [1.29, 1.82) is 0 Å². The van der Waals surface area contributed by atoms with Gasteiger partial charge in [0.2, 0.25) is 5.91 Å². The van der Waals surface area contributed by atoms with Crippen LogP contribution in [0, 0.1) is 0 Å². The first-order valence-electron chi connectivity index (χ1n) is 9.54. The number of alkyl halides is 3. The van der Waals surface area contributed by atoms with Crippen molar-refractivity contribution in [3.63, 3.8) is 0 Å². The van der Waals surface area contributed by atoms with Gasteiger partial charge in [-0.2, -0.15) is 13.2 Å². The van der Waals surface area contributed by atoms with Crippen LogP contribution in [0.3, 0.4) is 0 Å². The summed E-state index contributed by atoms with van der Waals surface area (Å²) in [6.07, 6.45) is -6.73. The van der Waals surface area contributed by atoms with Crippen molar-refractivity contribution < 1.29 is 27.5 Å². The third kappa shape index (κ3) is 5.68. The van der Waals surface area contributed by atoms with E-state index in [0.29, 0.717) is 17.7 Å². The van der Waals surface area contributed by atoms with Crippen LogP contribution in [0.4, 0.5) is 18.0 Å². The van der Waals surface area contributed by atoms with Gasteiger partial charge >= 0.3 is 12.3 Å². The fraction of sp³-hybridized carbons (Fsp3) is 0.333. The Morgan fingerprint density at radius 3 is 2.58 bits per heavy atom. The highest BCUT2D eigenvalue weighted by atomic mass is 35.5. The highest BCUT2D eigenvalue weighted by molar-refractivity contribution is 6.31. The van der Waals surface area contributed by atoms with E-state index in [0.717, 1.165) is 6.07 Å². The number of rotatable bonds is 5. The molecule has 166 valence electrons. The zero-order valence-corrected chi connectivity index (χ0v) is 17.1. The lowest BCUT2D eigenvalue weighted by atomic mass is 9.99. The number of hydrogen-bond acceptors (Lipinski definition) is 4. The Morgan fingerprint density at radius 2 is 1.94 bits per heavy atom. The zero-order valence-electron chi connectivity index (χ0n) is 16.4. The van der Waals surface area contributed by atoms with Crippen LogP contribution in [-0.4, -0.2) is 36.5 Å². The largest absolute Gasteiger partial charge is 0.441 e. The molecule has 0 aliphatic carbocycles. The second-order valence-electron chi connectivity index (χ2n) is 7.08. The Labute approximate surface area is 182 Å². The molecule has 2 amide bonds. The number of amides is 2. The number of nitrogens with two attached hydrogens (primary N) is 1. The molecule has 1 fully saturated rings. The van der Waals surface area contributed by atoms with Crippen LogP contribution in [0.5, 0.6) is 0 Å². The van der Waals surface area contributed by atoms with Gasteiger partial charge in [0.1, 0.15) is 6.10 Å². The molecule has 1 heterocycles. The van der Waals surface area contributed by atoms with Crippen molar-refractivity contribution in [3.05, 3.63) is 70.2 Å². The van der Waals surface area contributed by atoms with Gasteiger partial charge in [0.05, 0.1) is 23.0 Å². The number of primary amides is 1. The normalized spacial score (nSPS) is 17.8. The summed E-state index contributed by atoms with van der Waals surface area (Å²) in [6.45, 7) is 1.04. The minimum Gasteiger partial charge on any atom is -0.441 e. The van der Waals surface area contributed by atoms with Crippen LogP contribution in [0.15, 0.2) is 48.5 Å². The first-order valence-corrected chi connectivity index (χ1v) is 9.92. The maximum atomic E-state index is 13.3. The maximum Gasteiger partial charge on any atom is 0.417 e. The van der Waals surface area contributed by atoms with E-state index in [1.165, 1.54) is 17.0 Å². The summed E-state index contributed by atoms with van der Waals surface area (Å²) in [4.78, 5) is 25.9. The van der Waals surface area contributed by atoms with Crippen molar-refractivity contribution in [1.82, 2.24) is 10.2 Å². The lowest BCUT2D eigenvalue weighted by Gasteiger charge is -2.37. The average molecular weight is 456 g/mol. The van der Waals surface area contributed by atoms with E-state index in [2.05, 4.69) is 5.32 Å². The number of carbonyl (C=O) groups is 2. The second-order valence-corrected chi connectivity index (χ2v) is 7.49. The van der Waals surface area contributed by atoms with Gasteiger partial charge in [-0.05, 0) is 23.3 Å². The molecule has 3 rings (SSSR count). The van der Waals surface area contributed by atoms with Crippen LogP contribution < -0.4 is 11.1 Å². The Bertz CT molecular complexity index is 940. The molecule has 0 radical (unpaired) electrons. The Morgan fingerprint density at radius 1 is 1.23 bits per heavy atom. The smallest absolute Gasteiger partial charge is 0.417 e. The first-order chi connectivity index (χ1) is 14.7. The molecule has 3 N–H and O–H groups in total. The topological polar surface area (TPSA) is 84.7 Å². The third-order valence-corrected chi connectivity index (χ3v) is 5.36. The Hall–Kier alpha value is -2.78. The van der Waals surface area contributed by atoms with Crippen molar-refractivity contribution in [2.75, 3.05) is 19.6 Å². The van der Waals surface area contributed by atoms with Crippen LogP contribution in [0.25, 0.3) is 0 Å². The predicted molar refractivity (Wildman–Crippen MR) is 108 cm³/mol. The molecule has 2 atom stereocenters. The molecule has 0 aromatic heterocycles. The Kier molecular flexibility index (Phi) is 7.07. The van der Waals surface area contributed by atoms with Gasteiger partial charge in [-0.15, -0.1) is 0 Å². The fourth-order valence-electron chi connectivity index (χ4n) is 3.58. The Balaban J connectivity index is 1.86. The quantitative estimate of drug-likeness (QED) is 0.712. The lowest BCUT2D eigenvalue weighted by Crippen LogP contribution is -2.49. The molecule has 0 saturated carbocycles. The molecule has 1 aliphatic rings. The minimum absolute atomic E-state index is 0.191. The van der Waals surface area contributed by atoms with Crippen LogP contribution >= 0.6 is 11.6 Å². The first kappa shape index (κ1) is 22.9. The van der Waals surface area contributed by atoms with E-state index >= 15 is 0 Å². The van der Waals surface area contributed by atoms with E-state index in [1.807, 2.05) is 0 Å². The summed E-state index contributed by atoms with van der Waals surface area (Å²) in [6, 6.07) is 11.6. The number of nitrogens with one attached hydrogen (secondary N) is 1. The number of hydrogen-bond donors (Lipinski definition) is 2. The van der Waals surface area contributed by atoms with Gasteiger partial charge in [-0.1, -0.05) is 48.0 Å². The van der Waals surface area contributed by atoms with E-state index in [-0.39, 0.29) is 25.4 Å². The van der Waals surface area contributed by atoms with E-state index in [9.17, 15) is 22.8 Å². The van der Waals surface area contributed by atoms with Crippen molar-refractivity contribution in [2.24, 2.45) is 5.73 Å². The highest BCUT2D eigenvalue weighted by Crippen LogP contribution is 2.37. The van der Waals surface area contributed by atoms with Gasteiger partial charge in [0.25, 0.3) is 0 Å². The van der Waals surface area contributed by atoms with Crippen LogP contribution in [0.1, 0.15) is 35.3 Å². The number of carbonyl (C=O) groups excluding carboxylic acids is 2. The molecule has 0 bridgehead atoms. The molecular weight excluding hydrogens is 435 g/mol. The van der Waals surface area contributed by atoms with Crippen molar-refractivity contribution in [3.8, 4) is 0 Å². The highest BCUT2D eigenvalue weighted by Gasteiger charge is 2.36. The van der Waals surface area contributed by atoms with Gasteiger partial charge in [0, 0.05) is 19.6 Å². The molecular formula is C21H21ClF3N3O3. The van der Waals surface area contributed by atoms with Crippen LogP contribution in [0.2, 0.25) is 5.02 Å². The fourth-order valence-corrected chi connectivity index (χ4v) is 3.80. The SMILES string of the molecule is NC(=O)OC(CC(=O)N1CCNCC1c1ccc(Cl)c(C(F)(F)F)c1)c1ccccc1. The molecule has 2 unspecified atom stereocenters. The monoisotopic (exact) mass is 455 g/mol. The molecule has 2 aromatic carbocycles. The minimum atomic E-state index is -4.61. The van der Waals surface area contributed by atoms with Gasteiger partial charge in [0.15, 0.2) is 0 Å². The molecule has 1 aliphatic heterocycles. The standard InChI is InChI=1S/C21H21ClF3N3O3/c22-16-7-6-14(10-15(16)21(23,24)25)17-12-27-8-9-28(17)19(29)11-18(31-20(26)30)13-4-2-1-3-5-13/h1-7,10,17-18,27H,8-9,11-12H2,(H2,26,30). The molecule has 10 heteroatoms. The maximum absolute atomic E-state index is 13.3. The lowest BCUT2D eigenvalue weighted by molar-refractivity contribution is -0.137. The molecule has 31 heavy (non-hydrogen) atoms. The number of piperazine rings is 1. The average Bonchev–Trinajstić information content (AvgIpc) is 2.73. The van der Waals surface area contributed by atoms with E-state index in [1.54, 1.807) is 30.3 Å². The van der Waals surface area contributed by atoms with Crippen LogP contribution in [-0.2, 0) is 15.7 Å². The summed E-state index contributed by atoms with van der Waals surface area (Å²) >= 11 is 5.73. The van der Waals surface area contributed by atoms with E-state index < -0.39 is 35.0 Å².